The summed E-state index contributed by atoms with van der Waals surface area (Å²) in [5, 5.41) is 2.61. The lowest BCUT2D eigenvalue weighted by Gasteiger charge is -2.26. The molecule has 0 bridgehead atoms. The van der Waals surface area contributed by atoms with E-state index in [4.69, 9.17) is 5.73 Å². The molecule has 2 atom stereocenters. The van der Waals surface area contributed by atoms with Gasteiger partial charge in [0.1, 0.15) is 17.9 Å². The van der Waals surface area contributed by atoms with Crippen LogP contribution >= 0.6 is 0 Å². The number of nitrogens with two attached hydrogens (primary N) is 1. The number of benzene rings is 1. The van der Waals surface area contributed by atoms with Crippen LogP contribution in [0.15, 0.2) is 24.3 Å². The van der Waals surface area contributed by atoms with E-state index in [1.165, 1.54) is 24.3 Å². The number of hydrogen-bond acceptors (Lipinski definition) is 4. The topological polar surface area (TPSA) is 95.7 Å². The Balaban J connectivity index is 1.77. The van der Waals surface area contributed by atoms with Crippen LogP contribution < -0.4 is 11.1 Å². The number of halogens is 1. The summed E-state index contributed by atoms with van der Waals surface area (Å²) in [6.45, 7) is 2.17. The van der Waals surface area contributed by atoms with Crippen molar-refractivity contribution in [1.82, 2.24) is 15.1 Å². The Labute approximate surface area is 144 Å². The second kappa shape index (κ2) is 6.44. The minimum atomic E-state index is -1.32. The molecule has 1 aromatic rings. The zero-order valence-electron chi connectivity index (χ0n) is 14.0. The first kappa shape index (κ1) is 17.3. The Morgan fingerprint density at radius 3 is 2.68 bits per heavy atom. The summed E-state index contributed by atoms with van der Waals surface area (Å²) in [6.07, 6.45) is 1.69. The van der Waals surface area contributed by atoms with Crippen molar-refractivity contribution >= 4 is 17.8 Å². The summed E-state index contributed by atoms with van der Waals surface area (Å²) in [4.78, 5) is 40.1. The van der Waals surface area contributed by atoms with E-state index in [0.29, 0.717) is 18.7 Å². The van der Waals surface area contributed by atoms with Crippen LogP contribution in [0.1, 0.15) is 25.3 Å². The van der Waals surface area contributed by atoms with Crippen LogP contribution in [-0.4, -0.2) is 53.3 Å². The van der Waals surface area contributed by atoms with Gasteiger partial charge >= 0.3 is 6.03 Å². The number of rotatable bonds is 4. The van der Waals surface area contributed by atoms with Crippen molar-refractivity contribution in [3.8, 4) is 0 Å². The van der Waals surface area contributed by atoms with E-state index in [2.05, 4.69) is 5.32 Å². The second-order valence-corrected chi connectivity index (χ2v) is 6.57. The maximum atomic E-state index is 13.1. The number of carbonyl (C=O) groups excluding carboxylic acids is 3. The first-order valence-electron chi connectivity index (χ1n) is 8.26. The molecule has 7 nitrogen and oxygen atoms in total. The molecule has 25 heavy (non-hydrogen) atoms. The molecule has 3 N–H and O–H groups in total. The van der Waals surface area contributed by atoms with Gasteiger partial charge in [0.2, 0.25) is 5.91 Å². The summed E-state index contributed by atoms with van der Waals surface area (Å²) in [5.74, 6) is -1.25. The number of urea groups is 1. The maximum Gasteiger partial charge on any atom is 0.325 e. The van der Waals surface area contributed by atoms with Crippen molar-refractivity contribution in [3.05, 3.63) is 35.6 Å². The highest BCUT2D eigenvalue weighted by Crippen LogP contribution is 2.29. The minimum absolute atomic E-state index is 0.0447. The van der Waals surface area contributed by atoms with Crippen molar-refractivity contribution < 1.29 is 18.8 Å². The summed E-state index contributed by atoms with van der Waals surface area (Å²) in [7, 11) is 0. The van der Waals surface area contributed by atoms with Crippen LogP contribution in [0, 0.1) is 5.82 Å². The van der Waals surface area contributed by atoms with Crippen molar-refractivity contribution in [2.45, 2.75) is 31.3 Å². The number of carbonyl (C=O) groups is 3. The van der Waals surface area contributed by atoms with Crippen LogP contribution in [-0.2, 0) is 15.1 Å². The largest absolute Gasteiger partial charge is 0.337 e. The molecular weight excluding hydrogens is 327 g/mol. The van der Waals surface area contributed by atoms with Gasteiger partial charge in [-0.1, -0.05) is 12.1 Å². The SMILES string of the molecule is CC1(c2ccc(F)cc2)NC(=O)N(CC(=O)N2CCCC2CN)C1=O. The summed E-state index contributed by atoms with van der Waals surface area (Å²) >= 11 is 0. The number of nitrogens with one attached hydrogen (secondary N) is 1. The maximum absolute atomic E-state index is 13.1. The Bertz CT molecular complexity index is 708. The Morgan fingerprint density at radius 1 is 1.36 bits per heavy atom. The minimum Gasteiger partial charge on any atom is -0.337 e. The average molecular weight is 348 g/mol. The molecule has 0 aromatic heterocycles. The number of likely N-dealkylation sites (tertiary alicyclic amines) is 1. The second-order valence-electron chi connectivity index (χ2n) is 6.57. The quantitative estimate of drug-likeness (QED) is 0.777. The number of nitrogens with zero attached hydrogens (tertiary/aromatic N) is 2. The molecule has 2 aliphatic heterocycles. The molecule has 4 amide bonds. The fourth-order valence-electron chi connectivity index (χ4n) is 3.45. The standard InChI is InChI=1S/C17H21FN4O3/c1-17(11-4-6-12(18)7-5-11)15(24)22(16(25)20-17)10-14(23)21-8-2-3-13(21)9-19/h4-7,13H,2-3,8-10,19H2,1H3,(H,20,25). The first-order valence-corrected chi connectivity index (χ1v) is 8.26. The zero-order valence-corrected chi connectivity index (χ0v) is 14.0. The molecule has 0 spiro atoms. The van der Waals surface area contributed by atoms with Crippen molar-refractivity contribution in [3.63, 3.8) is 0 Å². The molecule has 0 saturated carbocycles. The molecule has 2 heterocycles. The van der Waals surface area contributed by atoms with Gasteiger partial charge in [0.25, 0.3) is 5.91 Å². The van der Waals surface area contributed by atoms with Gasteiger partial charge in [0, 0.05) is 19.1 Å². The first-order chi connectivity index (χ1) is 11.9. The van der Waals surface area contributed by atoms with E-state index in [1.54, 1.807) is 11.8 Å². The lowest BCUT2D eigenvalue weighted by Crippen LogP contribution is -2.47. The van der Waals surface area contributed by atoms with Crippen molar-refractivity contribution in [1.29, 1.82) is 0 Å². The van der Waals surface area contributed by atoms with Crippen molar-refractivity contribution in [2.75, 3.05) is 19.6 Å². The molecule has 0 radical (unpaired) electrons. The predicted molar refractivity (Wildman–Crippen MR) is 87.8 cm³/mol. The number of imide groups is 1. The average Bonchev–Trinajstić information content (AvgIpc) is 3.15. The molecule has 2 saturated heterocycles. The van der Waals surface area contributed by atoms with Gasteiger partial charge in [-0.3, -0.25) is 14.5 Å². The molecule has 3 rings (SSSR count). The smallest absolute Gasteiger partial charge is 0.325 e. The molecule has 8 heteroatoms. The lowest BCUT2D eigenvalue weighted by atomic mass is 9.92. The zero-order chi connectivity index (χ0) is 18.2. The summed E-state index contributed by atoms with van der Waals surface area (Å²) in [6, 6.07) is 4.67. The highest BCUT2D eigenvalue weighted by atomic mass is 19.1. The van der Waals surface area contributed by atoms with E-state index in [-0.39, 0.29) is 18.5 Å². The van der Waals surface area contributed by atoms with E-state index in [0.717, 1.165) is 17.7 Å². The van der Waals surface area contributed by atoms with E-state index < -0.39 is 23.3 Å². The third-order valence-corrected chi connectivity index (χ3v) is 4.96. The highest BCUT2D eigenvalue weighted by molar-refractivity contribution is 6.09. The van der Waals surface area contributed by atoms with Crippen LogP contribution in [0.4, 0.5) is 9.18 Å². The third kappa shape index (κ3) is 2.97. The summed E-state index contributed by atoms with van der Waals surface area (Å²) < 4.78 is 13.1. The van der Waals surface area contributed by atoms with Crippen molar-refractivity contribution in [2.24, 2.45) is 5.73 Å². The number of hydrogen-bond donors (Lipinski definition) is 2. The Hall–Kier alpha value is -2.48. The van der Waals surface area contributed by atoms with Gasteiger partial charge in [0.15, 0.2) is 0 Å². The number of amides is 4. The molecule has 2 unspecified atom stereocenters. The molecule has 2 aliphatic rings. The Kier molecular flexibility index (Phi) is 4.47. The van der Waals surface area contributed by atoms with E-state index in [9.17, 15) is 18.8 Å². The van der Waals surface area contributed by atoms with Gasteiger partial charge in [-0.25, -0.2) is 9.18 Å². The van der Waals surface area contributed by atoms with Crippen LogP contribution in [0.3, 0.4) is 0 Å². The Morgan fingerprint density at radius 2 is 2.04 bits per heavy atom. The highest BCUT2D eigenvalue weighted by Gasteiger charge is 2.50. The molecule has 2 fully saturated rings. The molecule has 1 aromatic carbocycles. The summed E-state index contributed by atoms with van der Waals surface area (Å²) in [5.41, 5.74) is 4.82. The molecule has 0 aliphatic carbocycles. The van der Waals surface area contributed by atoms with Gasteiger partial charge in [0.05, 0.1) is 0 Å². The van der Waals surface area contributed by atoms with Gasteiger partial charge in [-0.05, 0) is 37.5 Å². The normalized spacial score (nSPS) is 26.3. The molecule has 134 valence electrons. The molecular formula is C17H21FN4O3. The van der Waals surface area contributed by atoms with Gasteiger partial charge in [-0.15, -0.1) is 0 Å². The fourth-order valence-corrected chi connectivity index (χ4v) is 3.45. The van der Waals surface area contributed by atoms with Gasteiger partial charge < -0.3 is 16.0 Å². The van der Waals surface area contributed by atoms with Crippen LogP contribution in [0.2, 0.25) is 0 Å². The van der Waals surface area contributed by atoms with Crippen LogP contribution in [0.5, 0.6) is 0 Å². The van der Waals surface area contributed by atoms with Crippen LogP contribution in [0.25, 0.3) is 0 Å². The fraction of sp³-hybridized carbons (Fsp3) is 0.471. The van der Waals surface area contributed by atoms with E-state index in [1.807, 2.05) is 0 Å². The lowest BCUT2D eigenvalue weighted by molar-refractivity contribution is -0.139. The van der Waals surface area contributed by atoms with E-state index >= 15 is 0 Å². The third-order valence-electron chi connectivity index (χ3n) is 4.96. The monoisotopic (exact) mass is 348 g/mol. The predicted octanol–water partition coefficient (Wildman–Crippen LogP) is 0.542. The van der Waals surface area contributed by atoms with Gasteiger partial charge in [-0.2, -0.15) is 0 Å².